The number of hydrogen-bond donors (Lipinski definition) is 2. The number of aromatic nitrogens is 2. The lowest BCUT2D eigenvalue weighted by atomic mass is 9.98. The molecule has 0 atom stereocenters. The van der Waals surface area contributed by atoms with Crippen molar-refractivity contribution >= 4 is 29.1 Å². The van der Waals surface area contributed by atoms with Gasteiger partial charge in [0.1, 0.15) is 11.4 Å². The minimum Gasteiger partial charge on any atom is -0.342 e. The Hall–Kier alpha value is -3.57. The van der Waals surface area contributed by atoms with E-state index in [1.807, 2.05) is 70.7 Å². The zero-order valence-electron chi connectivity index (χ0n) is 35.6. The van der Waals surface area contributed by atoms with Crippen molar-refractivity contribution in [3.63, 3.8) is 0 Å². The van der Waals surface area contributed by atoms with Gasteiger partial charge in [-0.2, -0.15) is 9.13 Å². The van der Waals surface area contributed by atoms with Gasteiger partial charge < -0.3 is 9.38 Å². The van der Waals surface area contributed by atoms with Crippen molar-refractivity contribution in [1.29, 1.82) is 0 Å². The summed E-state index contributed by atoms with van der Waals surface area (Å²) < 4.78 is 5.58. The number of nitrogens with one attached hydrogen (secondary N) is 2. The van der Waals surface area contributed by atoms with E-state index in [9.17, 15) is 14.4 Å². The Balaban J connectivity index is 0.000000214. The van der Waals surface area contributed by atoms with Crippen molar-refractivity contribution < 1.29 is 28.0 Å². The molecule has 296 valence electrons. The van der Waals surface area contributed by atoms with Gasteiger partial charge in [-0.3, -0.25) is 24.8 Å². The molecule has 0 unspecified atom stereocenters. The molecule has 2 aromatic heterocycles. The van der Waals surface area contributed by atoms with Crippen molar-refractivity contribution in [3.05, 3.63) is 48.0 Å². The first-order chi connectivity index (χ1) is 24.8. The fourth-order valence-electron chi connectivity index (χ4n) is 7.16. The predicted octanol–water partition coefficient (Wildman–Crippen LogP) is 5.65. The van der Waals surface area contributed by atoms with Crippen LogP contribution in [0, 0.1) is 17.8 Å². The maximum Gasteiger partial charge on any atom is 0.244 e. The molecule has 2 N–H and O–H groups in total. The van der Waals surface area contributed by atoms with Gasteiger partial charge in [0.25, 0.3) is 0 Å². The average molecular weight is 738 g/mol. The number of anilines is 2. The lowest BCUT2D eigenvalue weighted by molar-refractivity contribution is -0.936. The minimum absolute atomic E-state index is 0.00356. The number of hydrazine groups is 2. The Bertz CT molecular complexity index is 1530. The molecule has 0 radical (unpaired) electrons. The number of hydrogen-bond acceptors (Lipinski definition) is 5. The van der Waals surface area contributed by atoms with E-state index in [1.54, 1.807) is 10.0 Å². The highest BCUT2D eigenvalue weighted by Gasteiger charge is 2.36. The van der Waals surface area contributed by atoms with Crippen LogP contribution in [0.4, 0.5) is 11.4 Å². The minimum atomic E-state index is -0.00356. The fraction of sp³-hybridized carbons (Fsp3) is 0.690. The first kappa shape index (κ1) is 43.8. The Labute approximate surface area is 321 Å². The maximum absolute atomic E-state index is 12.2. The Morgan fingerprint density at radius 2 is 1.23 bits per heavy atom. The van der Waals surface area contributed by atoms with Crippen molar-refractivity contribution in [2.45, 2.75) is 133 Å². The van der Waals surface area contributed by atoms with Gasteiger partial charge in [-0.15, -0.1) is 0 Å². The molecule has 1 saturated heterocycles. The highest BCUT2D eigenvalue weighted by atomic mass is 16.2. The van der Waals surface area contributed by atoms with E-state index in [4.69, 9.17) is 0 Å². The van der Waals surface area contributed by atoms with Crippen LogP contribution < -0.4 is 25.0 Å². The molecule has 11 nitrogen and oxygen atoms in total. The zero-order valence-corrected chi connectivity index (χ0v) is 35.6. The zero-order chi connectivity index (χ0) is 39.8. The molecule has 53 heavy (non-hydrogen) atoms. The van der Waals surface area contributed by atoms with Crippen LogP contribution in [0.25, 0.3) is 0 Å². The van der Waals surface area contributed by atoms with E-state index in [1.165, 1.54) is 11.4 Å². The molecule has 0 saturated carbocycles. The van der Waals surface area contributed by atoms with E-state index < -0.39 is 0 Å². The van der Waals surface area contributed by atoms with Gasteiger partial charge in [-0.05, 0) is 53.7 Å². The van der Waals surface area contributed by atoms with E-state index in [-0.39, 0.29) is 29.6 Å². The molecule has 5 rings (SSSR count). The monoisotopic (exact) mass is 738 g/mol. The molecule has 1 fully saturated rings. The van der Waals surface area contributed by atoms with Crippen LogP contribution >= 0.6 is 0 Å². The summed E-state index contributed by atoms with van der Waals surface area (Å²) >= 11 is 0. The summed E-state index contributed by atoms with van der Waals surface area (Å²) in [6, 6.07) is 10.3. The first-order valence-corrected chi connectivity index (χ1v) is 20.1. The van der Waals surface area contributed by atoms with Crippen LogP contribution in [0.1, 0.15) is 119 Å². The lowest BCUT2D eigenvalue weighted by Crippen LogP contribution is -2.57. The normalized spacial score (nSPS) is 16.3. The second-order valence-corrected chi connectivity index (χ2v) is 17.1. The maximum atomic E-state index is 12.2. The summed E-state index contributed by atoms with van der Waals surface area (Å²) in [4.78, 5) is 38.1. The molecular formula is C42H73N8O3+3. The van der Waals surface area contributed by atoms with E-state index in [2.05, 4.69) is 88.0 Å². The number of amides is 3. The van der Waals surface area contributed by atoms with Crippen LogP contribution in [-0.2, 0) is 27.2 Å². The molecule has 0 aliphatic carbocycles. The molecule has 2 aromatic rings. The number of likely N-dealkylation sites (tertiary alicyclic amines) is 1. The van der Waals surface area contributed by atoms with Crippen molar-refractivity contribution in [2.24, 2.45) is 17.8 Å². The second-order valence-electron chi connectivity index (χ2n) is 17.1. The second kappa shape index (κ2) is 19.1. The van der Waals surface area contributed by atoms with Crippen LogP contribution in [0.15, 0.2) is 36.7 Å². The van der Waals surface area contributed by atoms with Gasteiger partial charge in [0.2, 0.25) is 29.1 Å². The molecule has 3 aliphatic heterocycles. The molecule has 0 bridgehead atoms. The summed E-state index contributed by atoms with van der Waals surface area (Å²) in [5.74, 6) is 0.756. The summed E-state index contributed by atoms with van der Waals surface area (Å²) in [6.45, 7) is 28.4. The molecule has 3 amide bonds. The molecule has 0 aromatic carbocycles. The fourth-order valence-corrected chi connectivity index (χ4v) is 7.16. The van der Waals surface area contributed by atoms with Crippen molar-refractivity contribution in [3.8, 4) is 0 Å². The summed E-state index contributed by atoms with van der Waals surface area (Å²) in [7, 11) is 4.63. The summed E-state index contributed by atoms with van der Waals surface area (Å²) in [6.07, 6.45) is 8.33. The topological polar surface area (TPSA) is 92.8 Å². The van der Waals surface area contributed by atoms with Gasteiger partial charge in [0.15, 0.2) is 24.5 Å². The van der Waals surface area contributed by atoms with Gasteiger partial charge in [0.05, 0.1) is 39.1 Å². The van der Waals surface area contributed by atoms with Crippen LogP contribution in [0.5, 0.6) is 0 Å². The number of carbonyl (C=O) groups excluding carboxylic acids is 3. The lowest BCUT2D eigenvalue weighted by Gasteiger charge is -2.45. The third-order valence-corrected chi connectivity index (χ3v) is 11.1. The van der Waals surface area contributed by atoms with E-state index >= 15 is 0 Å². The highest BCUT2D eigenvalue weighted by molar-refractivity contribution is 5.94. The van der Waals surface area contributed by atoms with Gasteiger partial charge in [0, 0.05) is 68.8 Å². The largest absolute Gasteiger partial charge is 0.342 e. The van der Waals surface area contributed by atoms with Crippen LogP contribution in [-0.4, -0.2) is 84.5 Å². The SMILES string of the molecule is CC(C)C(=O)N1CCC([N+](C)(C)C(C)C)CC1.CC(C)C(=O)N1CCc2c(ccc[n+]2C(C)C)N1.CC(C)C(=O)N1NCCc2c1ccc[n+]2C(C)C. The smallest absolute Gasteiger partial charge is 0.244 e. The Morgan fingerprint density at radius 3 is 1.74 bits per heavy atom. The van der Waals surface area contributed by atoms with Gasteiger partial charge in [-0.25, -0.2) is 10.4 Å². The van der Waals surface area contributed by atoms with Gasteiger partial charge in [-0.1, -0.05) is 41.5 Å². The van der Waals surface area contributed by atoms with Crippen molar-refractivity contribution in [2.75, 3.05) is 50.7 Å². The van der Waals surface area contributed by atoms with E-state index in [0.29, 0.717) is 30.1 Å². The molecule has 0 spiro atoms. The van der Waals surface area contributed by atoms with Crippen LogP contribution in [0.3, 0.4) is 0 Å². The molecular weight excluding hydrogens is 665 g/mol. The van der Waals surface area contributed by atoms with Crippen LogP contribution in [0.2, 0.25) is 0 Å². The predicted molar refractivity (Wildman–Crippen MR) is 214 cm³/mol. The number of piperidine rings is 1. The number of pyridine rings is 2. The molecule has 5 heterocycles. The number of quaternary nitrogens is 1. The Morgan fingerprint density at radius 1 is 0.698 bits per heavy atom. The molecule has 11 heteroatoms. The molecule has 3 aliphatic rings. The van der Waals surface area contributed by atoms with Crippen molar-refractivity contribution in [1.82, 2.24) is 15.3 Å². The number of rotatable bonds is 7. The number of fused-ring (bicyclic) bond motifs is 2. The van der Waals surface area contributed by atoms with Gasteiger partial charge >= 0.3 is 0 Å². The quantitative estimate of drug-likeness (QED) is 0.284. The third-order valence-electron chi connectivity index (χ3n) is 11.1. The van der Waals surface area contributed by atoms with E-state index in [0.717, 1.165) is 67.7 Å². The number of carbonyl (C=O) groups is 3. The number of nitrogens with zero attached hydrogens (tertiary/aromatic N) is 6. The Kier molecular flexibility index (Phi) is 15.8. The first-order valence-electron chi connectivity index (χ1n) is 20.1. The standard InChI is InChI=1S/2C14H22N3O.C14H29N2O/c1-10(2)14(18)17-13-6-5-9-16(11(3)4)12(13)7-8-15-17;1-10(2)14(18)17-9-7-13-12(15-17)6-5-8-16(13)11(3)4;1-11(2)14(17)15-9-7-13(8-10-15)16(5,6)12(3)4/h5-6,9-11,15H,7-8H2,1-4H3;5-6,8,10-11,15H,7,9H2,1-4H3;11-13H,7-10H2,1-6H3/q3*+1. The summed E-state index contributed by atoms with van der Waals surface area (Å²) in [5.41, 5.74) is 11.0. The summed E-state index contributed by atoms with van der Waals surface area (Å²) in [5, 5.41) is 3.44. The third kappa shape index (κ3) is 11.0. The highest BCUT2D eigenvalue weighted by Crippen LogP contribution is 2.25. The average Bonchev–Trinajstić information content (AvgIpc) is 3.13.